The first-order valence-corrected chi connectivity index (χ1v) is 5.97. The van der Waals surface area contributed by atoms with Crippen molar-refractivity contribution in [3.05, 3.63) is 16.1 Å². The van der Waals surface area contributed by atoms with Gasteiger partial charge in [0.15, 0.2) is 0 Å². The fraction of sp³-hybridized carbons (Fsp3) is 0.727. The number of nitrogens with two attached hydrogens (primary N) is 1. The largest absolute Gasteiger partial charge is 0.330 e. The third kappa shape index (κ3) is 3.07. The molecule has 14 heavy (non-hydrogen) atoms. The number of nitrogens with zero attached hydrogens (tertiary/aromatic N) is 1. The molecule has 1 aromatic heterocycles. The second-order valence-corrected chi connectivity index (χ2v) is 5.81. The van der Waals surface area contributed by atoms with Crippen LogP contribution in [0.25, 0.3) is 0 Å². The van der Waals surface area contributed by atoms with Gasteiger partial charge < -0.3 is 5.73 Å². The molecule has 2 N–H and O–H groups in total. The summed E-state index contributed by atoms with van der Waals surface area (Å²) in [6.45, 7) is 9.43. The van der Waals surface area contributed by atoms with Crippen LogP contribution in [0.15, 0.2) is 5.38 Å². The summed E-state index contributed by atoms with van der Waals surface area (Å²) in [6.07, 6.45) is 0.987. The summed E-state index contributed by atoms with van der Waals surface area (Å²) in [5.41, 5.74) is 7.08. The lowest BCUT2D eigenvalue weighted by Crippen LogP contribution is -2.25. The van der Waals surface area contributed by atoms with E-state index in [2.05, 4.69) is 38.1 Å². The molecule has 1 heterocycles. The molecule has 0 bridgehead atoms. The Kier molecular flexibility index (Phi) is 3.67. The predicted octanol–water partition coefficient (Wildman–Crippen LogP) is 2.79. The minimum atomic E-state index is 0.173. The lowest BCUT2D eigenvalue weighted by atomic mass is 9.90. The van der Waals surface area contributed by atoms with Crippen molar-refractivity contribution in [2.75, 3.05) is 6.54 Å². The fourth-order valence-corrected chi connectivity index (χ4v) is 2.37. The topological polar surface area (TPSA) is 38.9 Å². The molecular formula is C11H20N2S. The second kappa shape index (κ2) is 4.41. The van der Waals surface area contributed by atoms with Crippen molar-refractivity contribution in [3.8, 4) is 0 Å². The van der Waals surface area contributed by atoms with E-state index >= 15 is 0 Å². The van der Waals surface area contributed by atoms with E-state index in [1.54, 1.807) is 11.3 Å². The highest BCUT2D eigenvalue weighted by molar-refractivity contribution is 7.09. The van der Waals surface area contributed by atoms with Crippen molar-refractivity contribution >= 4 is 11.3 Å². The van der Waals surface area contributed by atoms with Crippen molar-refractivity contribution in [1.82, 2.24) is 4.98 Å². The summed E-state index contributed by atoms with van der Waals surface area (Å²) in [7, 11) is 0. The van der Waals surface area contributed by atoms with Gasteiger partial charge in [0.25, 0.3) is 0 Å². The average molecular weight is 212 g/mol. The van der Waals surface area contributed by atoms with Crippen molar-refractivity contribution in [2.45, 2.75) is 40.0 Å². The quantitative estimate of drug-likeness (QED) is 0.833. The van der Waals surface area contributed by atoms with Crippen LogP contribution in [0.5, 0.6) is 0 Å². The molecule has 0 fully saturated rings. The molecule has 0 aliphatic heterocycles. The monoisotopic (exact) mass is 212 g/mol. The van der Waals surface area contributed by atoms with Gasteiger partial charge in [-0.05, 0) is 17.9 Å². The van der Waals surface area contributed by atoms with Gasteiger partial charge in [-0.25, -0.2) is 4.98 Å². The molecule has 1 aromatic rings. The number of hydrogen-bond donors (Lipinski definition) is 1. The molecule has 0 aliphatic rings. The van der Waals surface area contributed by atoms with Gasteiger partial charge >= 0.3 is 0 Å². The maximum Gasteiger partial charge on any atom is 0.0934 e. The lowest BCUT2D eigenvalue weighted by Gasteiger charge is -2.20. The summed E-state index contributed by atoms with van der Waals surface area (Å²) in [5.74, 6) is 0.529. The molecule has 2 nitrogen and oxygen atoms in total. The van der Waals surface area contributed by atoms with Crippen LogP contribution in [-0.4, -0.2) is 11.5 Å². The van der Waals surface area contributed by atoms with Crippen LogP contribution in [-0.2, 0) is 6.42 Å². The summed E-state index contributed by atoms with van der Waals surface area (Å²) in [6, 6.07) is 0. The number of hydrogen-bond acceptors (Lipinski definition) is 3. The van der Waals surface area contributed by atoms with Crippen molar-refractivity contribution in [3.63, 3.8) is 0 Å². The highest BCUT2D eigenvalue weighted by Gasteiger charge is 2.18. The van der Waals surface area contributed by atoms with Crippen LogP contribution in [0.3, 0.4) is 0 Å². The van der Waals surface area contributed by atoms with Gasteiger partial charge in [-0.1, -0.05) is 27.7 Å². The van der Waals surface area contributed by atoms with Crippen LogP contribution in [0, 0.1) is 5.41 Å². The maximum atomic E-state index is 5.70. The van der Waals surface area contributed by atoms with Crippen LogP contribution >= 0.6 is 11.3 Å². The minimum absolute atomic E-state index is 0.173. The Balaban J connectivity index is 2.69. The first kappa shape index (κ1) is 11.7. The van der Waals surface area contributed by atoms with Gasteiger partial charge in [0.05, 0.1) is 10.7 Å². The van der Waals surface area contributed by atoms with Gasteiger partial charge in [-0.15, -0.1) is 11.3 Å². The Morgan fingerprint density at radius 3 is 2.57 bits per heavy atom. The third-order valence-corrected chi connectivity index (χ3v) is 3.21. The molecule has 0 saturated heterocycles. The number of thiazole rings is 1. The van der Waals surface area contributed by atoms with E-state index in [4.69, 9.17) is 5.73 Å². The maximum absolute atomic E-state index is 5.70. The second-order valence-electron chi connectivity index (χ2n) is 4.87. The van der Waals surface area contributed by atoms with E-state index in [1.165, 1.54) is 10.7 Å². The molecule has 0 saturated carbocycles. The Morgan fingerprint density at radius 1 is 1.50 bits per heavy atom. The van der Waals surface area contributed by atoms with Crippen LogP contribution < -0.4 is 5.73 Å². The zero-order valence-corrected chi connectivity index (χ0v) is 10.3. The van der Waals surface area contributed by atoms with Crippen molar-refractivity contribution in [1.29, 1.82) is 0 Å². The van der Waals surface area contributed by atoms with E-state index < -0.39 is 0 Å². The van der Waals surface area contributed by atoms with Crippen molar-refractivity contribution < 1.29 is 0 Å². The minimum Gasteiger partial charge on any atom is -0.330 e. The van der Waals surface area contributed by atoms with Crippen LogP contribution in [0.2, 0.25) is 0 Å². The summed E-state index contributed by atoms with van der Waals surface area (Å²) in [4.78, 5) is 4.61. The summed E-state index contributed by atoms with van der Waals surface area (Å²) < 4.78 is 0. The zero-order valence-electron chi connectivity index (χ0n) is 9.50. The highest BCUT2D eigenvalue weighted by Crippen LogP contribution is 2.24. The molecule has 0 radical (unpaired) electrons. The average Bonchev–Trinajstić information content (AvgIpc) is 2.52. The Bertz CT molecular complexity index is 289. The molecule has 0 spiro atoms. The van der Waals surface area contributed by atoms with E-state index in [0.29, 0.717) is 12.5 Å². The van der Waals surface area contributed by atoms with E-state index in [1.807, 2.05) is 0 Å². The molecular weight excluding hydrogens is 192 g/mol. The Morgan fingerprint density at radius 2 is 2.14 bits per heavy atom. The number of rotatable bonds is 4. The van der Waals surface area contributed by atoms with Crippen LogP contribution in [0.4, 0.5) is 0 Å². The SMILES string of the molecule is CC(C)c1csc(CC(C)(C)CN)n1. The molecule has 80 valence electrons. The predicted molar refractivity (Wildman–Crippen MR) is 62.7 cm³/mol. The third-order valence-electron chi connectivity index (χ3n) is 2.34. The van der Waals surface area contributed by atoms with Gasteiger partial charge in [-0.3, -0.25) is 0 Å². The zero-order chi connectivity index (χ0) is 10.8. The molecule has 3 heteroatoms. The Hall–Kier alpha value is -0.410. The summed E-state index contributed by atoms with van der Waals surface area (Å²) >= 11 is 1.75. The number of aromatic nitrogens is 1. The Labute approximate surface area is 90.6 Å². The van der Waals surface area contributed by atoms with E-state index in [-0.39, 0.29) is 5.41 Å². The molecule has 0 aliphatic carbocycles. The first-order valence-electron chi connectivity index (χ1n) is 5.09. The summed E-state index contributed by atoms with van der Waals surface area (Å²) in [5, 5.41) is 3.37. The standard InChI is InChI=1S/C11H20N2S/c1-8(2)9-6-14-10(13-9)5-11(3,4)7-12/h6,8H,5,7,12H2,1-4H3. The highest BCUT2D eigenvalue weighted by atomic mass is 32.1. The van der Waals surface area contributed by atoms with Crippen LogP contribution in [0.1, 0.15) is 44.3 Å². The lowest BCUT2D eigenvalue weighted by molar-refractivity contribution is 0.376. The molecule has 0 atom stereocenters. The first-order chi connectivity index (χ1) is 6.44. The van der Waals surface area contributed by atoms with Gasteiger partial charge in [0.1, 0.15) is 0 Å². The fourth-order valence-electron chi connectivity index (χ4n) is 1.15. The molecule has 0 unspecified atom stereocenters. The van der Waals surface area contributed by atoms with E-state index in [0.717, 1.165) is 6.42 Å². The normalized spacial score (nSPS) is 12.4. The smallest absolute Gasteiger partial charge is 0.0934 e. The molecule has 0 aromatic carbocycles. The van der Waals surface area contributed by atoms with Gasteiger partial charge in [-0.2, -0.15) is 0 Å². The van der Waals surface area contributed by atoms with Gasteiger partial charge in [0, 0.05) is 11.8 Å². The van der Waals surface area contributed by atoms with E-state index in [9.17, 15) is 0 Å². The molecule has 1 rings (SSSR count). The van der Waals surface area contributed by atoms with Crippen molar-refractivity contribution in [2.24, 2.45) is 11.1 Å². The van der Waals surface area contributed by atoms with Gasteiger partial charge in [0.2, 0.25) is 0 Å². The molecule has 0 amide bonds.